The summed E-state index contributed by atoms with van der Waals surface area (Å²) < 4.78 is 5.07. The highest BCUT2D eigenvalue weighted by atomic mass is 16.5. The number of rotatable bonds is 4. The molecule has 3 rings (SSSR count). The highest BCUT2D eigenvalue weighted by molar-refractivity contribution is 5.96. The van der Waals surface area contributed by atoms with Gasteiger partial charge in [0, 0.05) is 36.1 Å². The van der Waals surface area contributed by atoms with Crippen LogP contribution in [0.1, 0.15) is 29.9 Å². The van der Waals surface area contributed by atoms with Gasteiger partial charge in [0.2, 0.25) is 0 Å². The summed E-state index contributed by atoms with van der Waals surface area (Å²) in [6.07, 6.45) is 3.07. The van der Waals surface area contributed by atoms with Crippen molar-refractivity contribution in [2.75, 3.05) is 18.6 Å². The van der Waals surface area contributed by atoms with Crippen LogP contribution in [0.3, 0.4) is 0 Å². The van der Waals surface area contributed by atoms with E-state index < -0.39 is 5.97 Å². The van der Waals surface area contributed by atoms with Crippen molar-refractivity contribution < 1.29 is 14.3 Å². The normalized spacial score (nSPS) is 16.6. The van der Waals surface area contributed by atoms with Crippen LogP contribution in [0.4, 0.5) is 5.69 Å². The molecule has 0 fully saturated rings. The largest absolute Gasteiger partial charge is 0.453 e. The van der Waals surface area contributed by atoms with E-state index in [2.05, 4.69) is 24.9 Å². The maximum absolute atomic E-state index is 12.3. The Labute approximate surface area is 146 Å². The van der Waals surface area contributed by atoms with Gasteiger partial charge < -0.3 is 9.64 Å². The molecule has 0 aliphatic carbocycles. The Morgan fingerprint density at radius 2 is 1.88 bits per heavy atom. The molecule has 0 saturated heterocycles. The van der Waals surface area contributed by atoms with Crippen molar-refractivity contribution in [2.24, 2.45) is 0 Å². The van der Waals surface area contributed by atoms with Gasteiger partial charge in [-0.2, -0.15) is 0 Å². The minimum absolute atomic E-state index is 0.189. The number of carbonyl (C=O) groups excluding carboxylic acids is 2. The Kier molecular flexibility index (Phi) is 4.40. The van der Waals surface area contributed by atoms with E-state index in [9.17, 15) is 9.59 Å². The van der Waals surface area contributed by atoms with Gasteiger partial charge >= 0.3 is 5.97 Å². The van der Waals surface area contributed by atoms with Gasteiger partial charge in [0.1, 0.15) is 5.69 Å². The van der Waals surface area contributed by atoms with Gasteiger partial charge in [-0.05, 0) is 23.8 Å². The molecule has 2 heterocycles. The van der Waals surface area contributed by atoms with Crippen LogP contribution in [0.2, 0.25) is 0 Å². The van der Waals surface area contributed by atoms with E-state index >= 15 is 0 Å². The minimum Gasteiger partial charge on any atom is -0.453 e. The third-order valence-corrected chi connectivity index (χ3v) is 4.46. The molecule has 5 nitrogen and oxygen atoms in total. The van der Waals surface area contributed by atoms with E-state index in [1.165, 1.54) is 11.8 Å². The zero-order chi connectivity index (χ0) is 18.0. The molecule has 0 N–H and O–H groups in total. The average molecular weight is 336 g/mol. The number of benzene rings is 1. The molecule has 1 aromatic carbocycles. The summed E-state index contributed by atoms with van der Waals surface area (Å²) in [4.78, 5) is 30.1. The predicted molar refractivity (Wildman–Crippen MR) is 95.5 cm³/mol. The lowest BCUT2D eigenvalue weighted by Gasteiger charge is -2.23. The highest BCUT2D eigenvalue weighted by Gasteiger charge is 2.38. The number of para-hydroxylation sites is 1. The summed E-state index contributed by atoms with van der Waals surface area (Å²) in [5.41, 5.74) is 3.03. The first-order valence-corrected chi connectivity index (χ1v) is 8.07. The van der Waals surface area contributed by atoms with Crippen LogP contribution in [-0.2, 0) is 14.9 Å². The molecule has 128 valence electrons. The second kappa shape index (κ2) is 6.51. The van der Waals surface area contributed by atoms with Gasteiger partial charge in [0.05, 0.1) is 0 Å². The van der Waals surface area contributed by atoms with E-state index in [1.807, 2.05) is 30.1 Å². The van der Waals surface area contributed by atoms with Crippen LogP contribution >= 0.6 is 0 Å². The zero-order valence-electron chi connectivity index (χ0n) is 14.5. The fourth-order valence-corrected chi connectivity index (χ4v) is 3.15. The Morgan fingerprint density at radius 3 is 2.56 bits per heavy atom. The van der Waals surface area contributed by atoms with Gasteiger partial charge in [-0.3, -0.25) is 4.79 Å². The molecule has 25 heavy (non-hydrogen) atoms. The molecule has 0 amide bonds. The van der Waals surface area contributed by atoms with E-state index in [4.69, 9.17) is 4.74 Å². The van der Waals surface area contributed by atoms with E-state index in [0.717, 1.165) is 11.4 Å². The first-order chi connectivity index (χ1) is 11.9. The first kappa shape index (κ1) is 16.9. The van der Waals surface area contributed by atoms with Crippen molar-refractivity contribution in [3.63, 3.8) is 0 Å². The number of ether oxygens (including phenoxy) is 1. The van der Waals surface area contributed by atoms with Gasteiger partial charge in [-0.15, -0.1) is 0 Å². The van der Waals surface area contributed by atoms with Crippen molar-refractivity contribution >= 4 is 17.4 Å². The summed E-state index contributed by atoms with van der Waals surface area (Å²) in [5.74, 6) is -0.860. The maximum atomic E-state index is 12.3. The molecular formula is C20H20N2O3. The molecule has 0 atom stereocenters. The number of ketones is 1. The molecular weight excluding hydrogens is 316 g/mol. The summed E-state index contributed by atoms with van der Waals surface area (Å²) in [6, 6.07) is 13.0. The molecule has 0 radical (unpaired) electrons. The molecule has 0 unspecified atom stereocenters. The number of carbonyl (C=O) groups is 2. The van der Waals surface area contributed by atoms with Crippen molar-refractivity contribution in [1.82, 2.24) is 4.98 Å². The fourth-order valence-electron chi connectivity index (χ4n) is 3.15. The van der Waals surface area contributed by atoms with Gasteiger partial charge in [-0.1, -0.05) is 38.1 Å². The Hall–Kier alpha value is -2.95. The van der Waals surface area contributed by atoms with E-state index in [1.54, 1.807) is 24.3 Å². The van der Waals surface area contributed by atoms with Crippen LogP contribution in [0.25, 0.3) is 0 Å². The van der Waals surface area contributed by atoms with E-state index in [0.29, 0.717) is 0 Å². The maximum Gasteiger partial charge on any atom is 0.357 e. The smallest absolute Gasteiger partial charge is 0.357 e. The zero-order valence-corrected chi connectivity index (χ0v) is 14.5. The van der Waals surface area contributed by atoms with Gasteiger partial charge in [-0.25, -0.2) is 9.78 Å². The fraction of sp³-hybridized carbons (Fsp3) is 0.250. The van der Waals surface area contributed by atoms with Crippen molar-refractivity contribution in [3.8, 4) is 0 Å². The number of allylic oxidation sites excluding steroid dienone is 1. The number of fused-ring (bicyclic) bond motifs is 1. The standard InChI is InChI=1S/C20H20N2O3/c1-20(2)15-8-4-5-10-17(15)22(3)18(20)12-14(23)13-25-19(24)16-9-6-7-11-21-16/h4-12H,13H2,1-3H3/b18-12-. The number of esters is 1. The van der Waals surface area contributed by atoms with Gasteiger partial charge in [0.25, 0.3) is 0 Å². The predicted octanol–water partition coefficient (Wildman–Crippen LogP) is 3.12. The number of hydrogen-bond acceptors (Lipinski definition) is 5. The number of anilines is 1. The molecule has 1 aliphatic heterocycles. The second-order valence-corrected chi connectivity index (χ2v) is 6.49. The quantitative estimate of drug-likeness (QED) is 0.634. The second-order valence-electron chi connectivity index (χ2n) is 6.49. The molecule has 1 aliphatic rings. The minimum atomic E-state index is -0.602. The SMILES string of the molecule is CN1/C(=C\C(=O)COC(=O)c2ccccn2)C(C)(C)c2ccccc21. The number of likely N-dealkylation sites (N-methyl/N-ethyl adjacent to an activating group) is 1. The molecule has 0 bridgehead atoms. The van der Waals surface area contributed by atoms with Crippen molar-refractivity contribution in [1.29, 1.82) is 0 Å². The third-order valence-electron chi connectivity index (χ3n) is 4.46. The lowest BCUT2D eigenvalue weighted by molar-refractivity contribution is -0.117. The third kappa shape index (κ3) is 3.18. The van der Waals surface area contributed by atoms with Crippen molar-refractivity contribution in [2.45, 2.75) is 19.3 Å². The number of pyridine rings is 1. The Balaban J connectivity index is 1.73. The van der Waals surface area contributed by atoms with Crippen molar-refractivity contribution in [3.05, 3.63) is 71.7 Å². The number of aromatic nitrogens is 1. The lowest BCUT2D eigenvalue weighted by Crippen LogP contribution is -2.25. The van der Waals surface area contributed by atoms with Gasteiger partial charge in [0.15, 0.2) is 12.4 Å². The number of nitrogens with zero attached hydrogens (tertiary/aromatic N) is 2. The summed E-state index contributed by atoms with van der Waals surface area (Å²) in [6.45, 7) is 3.85. The Bertz CT molecular complexity index is 841. The highest BCUT2D eigenvalue weighted by Crippen LogP contribution is 2.46. The first-order valence-electron chi connectivity index (χ1n) is 8.07. The summed E-state index contributed by atoms with van der Waals surface area (Å²) in [5, 5.41) is 0. The van der Waals surface area contributed by atoms with Crippen LogP contribution in [-0.4, -0.2) is 30.4 Å². The monoisotopic (exact) mass is 336 g/mol. The van der Waals surface area contributed by atoms with E-state index in [-0.39, 0.29) is 23.5 Å². The summed E-state index contributed by atoms with van der Waals surface area (Å²) in [7, 11) is 1.94. The lowest BCUT2D eigenvalue weighted by atomic mass is 9.83. The van der Waals surface area contributed by atoms with Crippen LogP contribution < -0.4 is 4.90 Å². The van der Waals surface area contributed by atoms with Crippen LogP contribution in [0.5, 0.6) is 0 Å². The van der Waals surface area contributed by atoms with Crippen LogP contribution in [0.15, 0.2) is 60.4 Å². The molecule has 0 saturated carbocycles. The Morgan fingerprint density at radius 1 is 1.16 bits per heavy atom. The number of hydrogen-bond donors (Lipinski definition) is 0. The topological polar surface area (TPSA) is 59.5 Å². The summed E-state index contributed by atoms with van der Waals surface area (Å²) >= 11 is 0. The van der Waals surface area contributed by atoms with Crippen LogP contribution in [0, 0.1) is 0 Å². The molecule has 2 aromatic rings. The average Bonchev–Trinajstić information content (AvgIpc) is 2.82. The molecule has 5 heteroatoms. The molecule has 1 aromatic heterocycles. The molecule has 0 spiro atoms.